The number of anilines is 1. The Morgan fingerprint density at radius 1 is 1.17 bits per heavy atom. The van der Waals surface area contributed by atoms with Crippen LogP contribution >= 0.6 is 0 Å². The molecule has 3 aromatic heterocycles. The fourth-order valence-corrected chi connectivity index (χ4v) is 2.93. The first-order chi connectivity index (χ1) is 14.4. The molecule has 0 aliphatic rings. The molecule has 0 unspecified atom stereocenters. The Morgan fingerprint density at radius 2 is 1.90 bits per heavy atom. The maximum atomic E-state index is 14.3. The van der Waals surface area contributed by atoms with Crippen LogP contribution in [0.1, 0.15) is 11.1 Å². The molecule has 0 aliphatic heterocycles. The Hall–Kier alpha value is -4.53. The second kappa shape index (κ2) is 7.13. The van der Waals surface area contributed by atoms with Crippen molar-refractivity contribution in [3.8, 4) is 17.3 Å². The summed E-state index contributed by atoms with van der Waals surface area (Å²) in [5.41, 5.74) is 6.01. The van der Waals surface area contributed by atoms with Gasteiger partial charge >= 0.3 is 0 Å². The fourth-order valence-electron chi connectivity index (χ4n) is 2.93. The van der Waals surface area contributed by atoms with E-state index in [4.69, 9.17) is 11.0 Å². The Bertz CT molecular complexity index is 1340. The minimum absolute atomic E-state index is 0.119. The van der Waals surface area contributed by atoms with E-state index in [1.807, 2.05) is 6.07 Å². The molecule has 0 spiro atoms. The highest BCUT2D eigenvalue weighted by atomic mass is 19.1. The monoisotopic (exact) mass is 408 g/mol. The summed E-state index contributed by atoms with van der Waals surface area (Å²) in [6.07, 6.45) is 4.26. The van der Waals surface area contributed by atoms with Crippen molar-refractivity contribution in [3.63, 3.8) is 0 Å². The number of pyridine rings is 1. The van der Waals surface area contributed by atoms with Crippen molar-refractivity contribution >= 4 is 22.7 Å². The lowest BCUT2D eigenvalue weighted by atomic mass is 10.1. The van der Waals surface area contributed by atoms with Crippen molar-refractivity contribution in [2.75, 3.05) is 5.73 Å². The molecule has 4 rings (SSSR count). The van der Waals surface area contributed by atoms with E-state index < -0.39 is 27.8 Å². The summed E-state index contributed by atoms with van der Waals surface area (Å²) in [5, 5.41) is 24.4. The number of aromatic nitrogens is 5. The summed E-state index contributed by atoms with van der Waals surface area (Å²) in [6, 6.07) is 4.80. The van der Waals surface area contributed by atoms with Crippen molar-refractivity contribution in [1.29, 1.82) is 5.26 Å². The number of benzene rings is 1. The van der Waals surface area contributed by atoms with Gasteiger partial charge in [0.25, 0.3) is 5.69 Å². The highest BCUT2D eigenvalue weighted by molar-refractivity contribution is 5.91. The van der Waals surface area contributed by atoms with Crippen LogP contribution in [0.3, 0.4) is 0 Å². The van der Waals surface area contributed by atoms with Gasteiger partial charge in [-0.15, -0.1) is 0 Å². The Kier molecular flexibility index (Phi) is 4.47. The number of nitrogens with two attached hydrogens (primary N) is 1. The molecule has 0 saturated carbocycles. The number of hydrogen-bond acceptors (Lipinski definition) is 8. The Labute approximate surface area is 166 Å². The van der Waals surface area contributed by atoms with Crippen LogP contribution in [0.25, 0.3) is 22.3 Å². The Balaban J connectivity index is 1.82. The van der Waals surface area contributed by atoms with Gasteiger partial charge in [-0.3, -0.25) is 15.1 Å². The van der Waals surface area contributed by atoms with Crippen LogP contribution < -0.4 is 5.73 Å². The molecule has 3 heterocycles. The van der Waals surface area contributed by atoms with Crippen LogP contribution in [-0.2, 0) is 6.54 Å². The standard InChI is InChI=1S/C18H10F2N8O2/c19-14-2-11(28(29)30)3-15(20)13(14)8-27-17-12(7-24-27)16(25-18(22)26-17)10-1-9(4-21)5-23-6-10/h1-3,5-7H,8H2,(H2,22,25,26). The zero-order chi connectivity index (χ0) is 21.4. The van der Waals surface area contributed by atoms with E-state index in [2.05, 4.69) is 20.1 Å². The largest absolute Gasteiger partial charge is 0.368 e. The molecule has 30 heavy (non-hydrogen) atoms. The van der Waals surface area contributed by atoms with E-state index in [-0.39, 0.29) is 18.1 Å². The summed E-state index contributed by atoms with van der Waals surface area (Å²) < 4.78 is 29.8. The summed E-state index contributed by atoms with van der Waals surface area (Å²) in [7, 11) is 0. The number of nitriles is 1. The van der Waals surface area contributed by atoms with Crippen LogP contribution in [-0.4, -0.2) is 29.7 Å². The van der Waals surface area contributed by atoms with Gasteiger partial charge in [0.05, 0.1) is 46.4 Å². The molecule has 2 N–H and O–H groups in total. The van der Waals surface area contributed by atoms with E-state index in [9.17, 15) is 18.9 Å². The fraction of sp³-hybridized carbons (Fsp3) is 0.0556. The van der Waals surface area contributed by atoms with Gasteiger partial charge in [0.2, 0.25) is 5.95 Å². The van der Waals surface area contributed by atoms with Gasteiger partial charge in [-0.25, -0.2) is 18.4 Å². The van der Waals surface area contributed by atoms with Crippen molar-refractivity contribution in [2.45, 2.75) is 6.54 Å². The molecule has 0 amide bonds. The van der Waals surface area contributed by atoms with Crippen LogP contribution in [0.5, 0.6) is 0 Å². The van der Waals surface area contributed by atoms with Crippen molar-refractivity contribution < 1.29 is 13.7 Å². The average Bonchev–Trinajstić information content (AvgIpc) is 3.12. The molecule has 0 fully saturated rings. The minimum Gasteiger partial charge on any atom is -0.368 e. The molecule has 0 bridgehead atoms. The Morgan fingerprint density at radius 3 is 2.57 bits per heavy atom. The number of fused-ring (bicyclic) bond motifs is 1. The number of nitro benzene ring substituents is 1. The molecule has 1 aromatic carbocycles. The molecule has 148 valence electrons. The number of hydrogen-bond donors (Lipinski definition) is 1. The zero-order valence-corrected chi connectivity index (χ0v) is 15.0. The SMILES string of the molecule is N#Cc1cncc(-c2nc(N)nc3c2cnn3Cc2c(F)cc([N+](=O)[O-])cc2F)c1. The minimum atomic E-state index is -1.08. The third-order valence-corrected chi connectivity index (χ3v) is 4.30. The molecule has 10 nitrogen and oxygen atoms in total. The number of nitrogen functional groups attached to an aromatic ring is 1. The first-order valence-electron chi connectivity index (χ1n) is 8.34. The van der Waals surface area contributed by atoms with Gasteiger partial charge < -0.3 is 5.73 Å². The van der Waals surface area contributed by atoms with Crippen molar-refractivity contribution in [3.05, 3.63) is 69.7 Å². The number of rotatable bonds is 4. The maximum absolute atomic E-state index is 14.3. The highest BCUT2D eigenvalue weighted by Gasteiger charge is 2.20. The summed E-state index contributed by atoms with van der Waals surface area (Å²) >= 11 is 0. The molecule has 12 heteroatoms. The third kappa shape index (κ3) is 3.24. The lowest BCUT2D eigenvalue weighted by molar-refractivity contribution is -0.385. The number of nitrogens with zero attached hydrogens (tertiary/aromatic N) is 7. The average molecular weight is 408 g/mol. The van der Waals surface area contributed by atoms with Gasteiger partial charge in [-0.1, -0.05) is 0 Å². The molecular formula is C18H10F2N8O2. The maximum Gasteiger partial charge on any atom is 0.275 e. The summed E-state index contributed by atoms with van der Waals surface area (Å²) in [6.45, 7) is -0.383. The summed E-state index contributed by atoms with van der Waals surface area (Å²) in [5.74, 6) is -2.29. The number of nitro groups is 1. The summed E-state index contributed by atoms with van der Waals surface area (Å²) in [4.78, 5) is 22.1. The number of non-ortho nitro benzene ring substituents is 1. The van der Waals surface area contributed by atoms with Crippen molar-refractivity contribution in [1.82, 2.24) is 24.7 Å². The smallest absolute Gasteiger partial charge is 0.275 e. The van der Waals surface area contributed by atoms with Crippen LogP contribution in [0.2, 0.25) is 0 Å². The van der Waals surface area contributed by atoms with Gasteiger partial charge in [-0.05, 0) is 6.07 Å². The third-order valence-electron chi connectivity index (χ3n) is 4.30. The van der Waals surface area contributed by atoms with E-state index >= 15 is 0 Å². The molecule has 0 saturated heterocycles. The van der Waals surface area contributed by atoms with Gasteiger partial charge in [0.1, 0.15) is 17.7 Å². The quantitative estimate of drug-likeness (QED) is 0.400. The molecule has 0 radical (unpaired) electrons. The highest BCUT2D eigenvalue weighted by Crippen LogP contribution is 2.28. The van der Waals surface area contributed by atoms with Crippen LogP contribution in [0.4, 0.5) is 20.4 Å². The molecule has 0 atom stereocenters. The van der Waals surface area contributed by atoms with E-state index in [1.165, 1.54) is 23.3 Å². The van der Waals surface area contributed by atoms with Crippen LogP contribution in [0, 0.1) is 33.1 Å². The first kappa shape index (κ1) is 18.8. The van der Waals surface area contributed by atoms with Gasteiger partial charge in [0.15, 0.2) is 5.65 Å². The predicted molar refractivity (Wildman–Crippen MR) is 99.8 cm³/mol. The lowest BCUT2D eigenvalue weighted by Crippen LogP contribution is -2.09. The molecule has 0 aliphatic carbocycles. The van der Waals surface area contributed by atoms with E-state index in [0.29, 0.717) is 34.3 Å². The number of halogens is 2. The molecule has 4 aromatic rings. The second-order valence-electron chi connectivity index (χ2n) is 6.19. The topological polar surface area (TPSA) is 149 Å². The lowest BCUT2D eigenvalue weighted by Gasteiger charge is -2.08. The van der Waals surface area contributed by atoms with Gasteiger partial charge in [-0.2, -0.15) is 15.3 Å². The van der Waals surface area contributed by atoms with Crippen molar-refractivity contribution in [2.24, 2.45) is 0 Å². The normalized spacial score (nSPS) is 10.8. The van der Waals surface area contributed by atoms with E-state index in [0.717, 1.165) is 0 Å². The molecular weight excluding hydrogens is 398 g/mol. The second-order valence-corrected chi connectivity index (χ2v) is 6.19. The predicted octanol–water partition coefficient (Wildman–Crippen LogP) is 2.58. The first-order valence-corrected chi connectivity index (χ1v) is 8.34. The van der Waals surface area contributed by atoms with Crippen LogP contribution in [0.15, 0.2) is 36.8 Å². The zero-order valence-electron chi connectivity index (χ0n) is 15.0. The van der Waals surface area contributed by atoms with E-state index in [1.54, 1.807) is 6.07 Å². The van der Waals surface area contributed by atoms with Gasteiger partial charge in [0, 0.05) is 23.5 Å².